The second kappa shape index (κ2) is 6.84. The van der Waals surface area contributed by atoms with Crippen LogP contribution < -0.4 is 5.73 Å². The molecule has 0 aliphatic carbocycles. The molecule has 2 aromatic rings. The fourth-order valence-corrected chi connectivity index (χ4v) is 3.49. The number of aromatic nitrogens is 2. The minimum Gasteiger partial charge on any atom is -0.333 e. The van der Waals surface area contributed by atoms with Gasteiger partial charge in [-0.25, -0.2) is 4.68 Å². The number of nitrogens with zero attached hydrogens (tertiary/aromatic N) is 3. The SMILES string of the molecule is CC(N)C1CCCCN1C(=O)c1ccn(-c2cccc(Br)c2)n1. The number of benzene rings is 1. The Morgan fingerprint density at radius 3 is 2.96 bits per heavy atom. The van der Waals surface area contributed by atoms with Crippen LogP contribution in [-0.2, 0) is 0 Å². The van der Waals surface area contributed by atoms with E-state index in [-0.39, 0.29) is 18.0 Å². The molecular formula is C17H21BrN4O. The zero-order valence-corrected chi connectivity index (χ0v) is 14.7. The number of halogens is 1. The van der Waals surface area contributed by atoms with Crippen LogP contribution in [0.1, 0.15) is 36.7 Å². The molecule has 2 unspecified atom stereocenters. The normalized spacial score (nSPS) is 19.6. The Kier molecular flexibility index (Phi) is 4.82. The average Bonchev–Trinajstić information content (AvgIpc) is 3.04. The maximum Gasteiger partial charge on any atom is 0.274 e. The molecule has 0 bridgehead atoms. The third-order valence-electron chi connectivity index (χ3n) is 4.30. The third-order valence-corrected chi connectivity index (χ3v) is 4.79. The maximum absolute atomic E-state index is 12.8. The van der Waals surface area contributed by atoms with Crippen molar-refractivity contribution in [1.82, 2.24) is 14.7 Å². The van der Waals surface area contributed by atoms with E-state index in [0.29, 0.717) is 5.69 Å². The number of hydrogen-bond donors (Lipinski definition) is 1. The molecule has 2 atom stereocenters. The van der Waals surface area contributed by atoms with Crippen LogP contribution in [0.25, 0.3) is 5.69 Å². The van der Waals surface area contributed by atoms with Crippen LogP contribution in [-0.4, -0.2) is 39.2 Å². The molecule has 2 heterocycles. The van der Waals surface area contributed by atoms with Crippen molar-refractivity contribution in [2.24, 2.45) is 5.73 Å². The maximum atomic E-state index is 12.8. The number of hydrogen-bond acceptors (Lipinski definition) is 3. The number of carbonyl (C=O) groups excluding carboxylic acids is 1. The lowest BCUT2D eigenvalue weighted by atomic mass is 9.96. The Bertz CT molecular complexity index is 697. The van der Waals surface area contributed by atoms with Crippen molar-refractivity contribution >= 4 is 21.8 Å². The molecule has 2 N–H and O–H groups in total. The monoisotopic (exact) mass is 376 g/mol. The molecule has 6 heteroatoms. The van der Waals surface area contributed by atoms with Crippen LogP contribution in [0, 0.1) is 0 Å². The summed E-state index contributed by atoms with van der Waals surface area (Å²) in [6, 6.07) is 9.68. The van der Waals surface area contributed by atoms with E-state index in [0.717, 1.165) is 36.0 Å². The molecular weight excluding hydrogens is 356 g/mol. The van der Waals surface area contributed by atoms with E-state index in [2.05, 4.69) is 21.0 Å². The lowest BCUT2D eigenvalue weighted by Crippen LogP contribution is -2.51. The molecule has 1 saturated heterocycles. The smallest absolute Gasteiger partial charge is 0.274 e. The second-order valence-corrected chi connectivity index (χ2v) is 6.96. The molecule has 1 fully saturated rings. The predicted molar refractivity (Wildman–Crippen MR) is 93.6 cm³/mol. The summed E-state index contributed by atoms with van der Waals surface area (Å²) < 4.78 is 2.70. The summed E-state index contributed by atoms with van der Waals surface area (Å²) in [7, 11) is 0. The van der Waals surface area contributed by atoms with Crippen LogP contribution in [0.15, 0.2) is 41.0 Å². The summed E-state index contributed by atoms with van der Waals surface area (Å²) in [4.78, 5) is 14.7. The van der Waals surface area contributed by atoms with Gasteiger partial charge in [0.05, 0.1) is 5.69 Å². The van der Waals surface area contributed by atoms with Gasteiger partial charge in [0.25, 0.3) is 5.91 Å². The summed E-state index contributed by atoms with van der Waals surface area (Å²) in [6.45, 7) is 2.73. The van der Waals surface area contributed by atoms with E-state index in [9.17, 15) is 4.79 Å². The third kappa shape index (κ3) is 3.48. The van der Waals surface area contributed by atoms with E-state index in [1.54, 1.807) is 10.7 Å². The molecule has 1 aromatic heterocycles. The first-order chi connectivity index (χ1) is 11.1. The van der Waals surface area contributed by atoms with Gasteiger partial charge < -0.3 is 10.6 Å². The fourth-order valence-electron chi connectivity index (χ4n) is 3.10. The number of carbonyl (C=O) groups is 1. The Hall–Kier alpha value is -1.66. The van der Waals surface area contributed by atoms with Gasteiger partial charge in [0.2, 0.25) is 0 Å². The summed E-state index contributed by atoms with van der Waals surface area (Å²) in [5.41, 5.74) is 7.45. The topological polar surface area (TPSA) is 64.2 Å². The predicted octanol–water partition coefficient (Wildman–Crippen LogP) is 2.98. The van der Waals surface area contributed by atoms with Crippen molar-refractivity contribution in [2.45, 2.75) is 38.3 Å². The highest BCUT2D eigenvalue weighted by Gasteiger charge is 2.30. The van der Waals surface area contributed by atoms with Crippen molar-refractivity contribution in [1.29, 1.82) is 0 Å². The van der Waals surface area contributed by atoms with Crippen molar-refractivity contribution in [3.05, 3.63) is 46.7 Å². The first kappa shape index (κ1) is 16.2. The van der Waals surface area contributed by atoms with Crippen LogP contribution in [0.3, 0.4) is 0 Å². The standard InChI is InChI=1S/C17H21BrN4O/c1-12(19)16-7-2-3-9-21(16)17(23)15-8-10-22(20-15)14-6-4-5-13(18)11-14/h4-6,8,10-12,16H,2-3,7,9,19H2,1H3. The van der Waals surface area contributed by atoms with Crippen LogP contribution in [0.4, 0.5) is 0 Å². The lowest BCUT2D eigenvalue weighted by Gasteiger charge is -2.37. The first-order valence-electron chi connectivity index (χ1n) is 7.94. The largest absolute Gasteiger partial charge is 0.333 e. The van der Waals surface area contributed by atoms with Crippen molar-refractivity contribution in [2.75, 3.05) is 6.54 Å². The Morgan fingerprint density at radius 2 is 2.22 bits per heavy atom. The Labute approximate surface area is 144 Å². The van der Waals surface area contributed by atoms with Gasteiger partial charge in [0.15, 0.2) is 5.69 Å². The minimum atomic E-state index is -0.0271. The molecule has 1 aromatic carbocycles. The van der Waals surface area contributed by atoms with Crippen molar-refractivity contribution in [3.63, 3.8) is 0 Å². The quantitative estimate of drug-likeness (QED) is 0.895. The Morgan fingerprint density at radius 1 is 1.39 bits per heavy atom. The molecule has 1 aliphatic rings. The molecule has 1 aliphatic heterocycles. The second-order valence-electron chi connectivity index (χ2n) is 6.05. The van der Waals surface area contributed by atoms with Gasteiger partial charge in [-0.15, -0.1) is 0 Å². The number of rotatable bonds is 3. The fraction of sp³-hybridized carbons (Fsp3) is 0.412. The van der Waals surface area contributed by atoms with Crippen molar-refractivity contribution < 1.29 is 4.79 Å². The van der Waals surface area contributed by atoms with Gasteiger partial charge in [-0.1, -0.05) is 22.0 Å². The van der Waals surface area contributed by atoms with Gasteiger partial charge in [0, 0.05) is 29.3 Å². The van der Waals surface area contributed by atoms with E-state index in [1.165, 1.54) is 0 Å². The van der Waals surface area contributed by atoms with Gasteiger partial charge >= 0.3 is 0 Å². The molecule has 122 valence electrons. The van der Waals surface area contributed by atoms with Gasteiger partial charge in [0.1, 0.15) is 0 Å². The highest BCUT2D eigenvalue weighted by atomic mass is 79.9. The number of nitrogens with two attached hydrogens (primary N) is 1. The van der Waals surface area contributed by atoms with Crippen molar-refractivity contribution in [3.8, 4) is 5.69 Å². The molecule has 3 rings (SSSR count). The molecule has 0 saturated carbocycles. The zero-order chi connectivity index (χ0) is 16.4. The van der Waals surface area contributed by atoms with Crippen LogP contribution in [0.5, 0.6) is 0 Å². The van der Waals surface area contributed by atoms with Gasteiger partial charge in [-0.3, -0.25) is 4.79 Å². The molecule has 0 radical (unpaired) electrons. The highest BCUT2D eigenvalue weighted by molar-refractivity contribution is 9.10. The first-order valence-corrected chi connectivity index (χ1v) is 8.74. The molecule has 1 amide bonds. The van der Waals surface area contributed by atoms with Gasteiger partial charge in [-0.05, 0) is 50.5 Å². The van der Waals surface area contributed by atoms with E-state index in [4.69, 9.17) is 5.73 Å². The van der Waals surface area contributed by atoms with Crippen LogP contribution in [0.2, 0.25) is 0 Å². The lowest BCUT2D eigenvalue weighted by molar-refractivity contribution is 0.0577. The van der Waals surface area contributed by atoms with E-state index >= 15 is 0 Å². The zero-order valence-electron chi connectivity index (χ0n) is 13.2. The minimum absolute atomic E-state index is 0.0218. The number of piperidine rings is 1. The summed E-state index contributed by atoms with van der Waals surface area (Å²) >= 11 is 3.45. The van der Waals surface area contributed by atoms with E-state index < -0.39 is 0 Å². The molecule has 0 spiro atoms. The summed E-state index contributed by atoms with van der Waals surface area (Å²) in [5.74, 6) is -0.0271. The van der Waals surface area contributed by atoms with E-state index in [1.807, 2.05) is 42.3 Å². The highest BCUT2D eigenvalue weighted by Crippen LogP contribution is 2.21. The molecule has 5 nitrogen and oxygen atoms in total. The summed E-state index contributed by atoms with van der Waals surface area (Å²) in [5, 5.41) is 4.45. The number of amides is 1. The Balaban J connectivity index is 1.83. The van der Waals surface area contributed by atoms with Crippen LogP contribution >= 0.6 is 15.9 Å². The summed E-state index contributed by atoms with van der Waals surface area (Å²) in [6.07, 6.45) is 4.94. The number of likely N-dealkylation sites (tertiary alicyclic amines) is 1. The van der Waals surface area contributed by atoms with Gasteiger partial charge in [-0.2, -0.15) is 5.10 Å². The average molecular weight is 377 g/mol. The molecule has 23 heavy (non-hydrogen) atoms.